The zero-order valence-electron chi connectivity index (χ0n) is 10.8. The van der Waals surface area contributed by atoms with Gasteiger partial charge in [0.05, 0.1) is 6.33 Å². The van der Waals surface area contributed by atoms with E-state index in [0.717, 1.165) is 18.0 Å². The maximum absolute atomic E-state index is 6.15. The van der Waals surface area contributed by atoms with Crippen molar-refractivity contribution in [3.63, 3.8) is 0 Å². The van der Waals surface area contributed by atoms with Gasteiger partial charge in [-0.05, 0) is 36.3 Å². The molecule has 0 unspecified atom stereocenters. The van der Waals surface area contributed by atoms with Crippen LogP contribution in [0.2, 0.25) is 10.4 Å². The van der Waals surface area contributed by atoms with Gasteiger partial charge in [-0.2, -0.15) is 4.98 Å². The summed E-state index contributed by atoms with van der Waals surface area (Å²) in [4.78, 5) is 12.4. The van der Waals surface area contributed by atoms with E-state index >= 15 is 0 Å². The number of rotatable bonds is 2. The molecule has 0 atom stereocenters. The maximum atomic E-state index is 6.15. The first-order valence-corrected chi connectivity index (χ1v) is 7.43. The fourth-order valence-corrected chi connectivity index (χ4v) is 3.32. The molecule has 1 aliphatic carbocycles. The van der Waals surface area contributed by atoms with Gasteiger partial charge >= 0.3 is 0 Å². The number of fused-ring (bicyclic) bond motifs is 1. The van der Waals surface area contributed by atoms with Crippen molar-refractivity contribution in [3.8, 4) is 0 Å². The molecule has 0 radical (unpaired) electrons. The molecule has 2 aromatic heterocycles. The third kappa shape index (κ3) is 2.70. The number of imidazole rings is 1. The number of halogens is 2. The Morgan fingerprint density at radius 1 is 1.21 bits per heavy atom. The zero-order valence-corrected chi connectivity index (χ0v) is 12.3. The van der Waals surface area contributed by atoms with Gasteiger partial charge in [0, 0.05) is 6.54 Å². The standard InChI is InChI=1S/C13H16Cl2N4/c1-8-2-4-9(5-3-8)6-19-7-16-12-10(19)11(14)17-13(15)18-12/h7-9H,2-6H2,1H3. The van der Waals surface area contributed by atoms with Crippen LogP contribution in [0.25, 0.3) is 11.2 Å². The minimum Gasteiger partial charge on any atom is -0.326 e. The SMILES string of the molecule is CC1CCC(Cn2cnc3nc(Cl)nc(Cl)c32)CC1. The minimum atomic E-state index is 0.147. The summed E-state index contributed by atoms with van der Waals surface area (Å²) in [6.45, 7) is 3.27. The highest BCUT2D eigenvalue weighted by molar-refractivity contribution is 6.35. The molecule has 4 nitrogen and oxygen atoms in total. The fraction of sp³-hybridized carbons (Fsp3) is 0.615. The molecule has 0 aliphatic heterocycles. The molecular formula is C13H16Cl2N4. The predicted octanol–water partition coefficient (Wildman–Crippen LogP) is 3.96. The molecule has 1 saturated carbocycles. The molecule has 1 fully saturated rings. The molecular weight excluding hydrogens is 283 g/mol. The lowest BCUT2D eigenvalue weighted by Gasteiger charge is -2.26. The molecule has 2 heterocycles. The molecule has 0 amide bonds. The second-order valence-electron chi connectivity index (χ2n) is 5.48. The van der Waals surface area contributed by atoms with E-state index in [1.54, 1.807) is 6.33 Å². The Balaban J connectivity index is 1.85. The van der Waals surface area contributed by atoms with Crippen LogP contribution in [0.4, 0.5) is 0 Å². The summed E-state index contributed by atoms with van der Waals surface area (Å²) in [5.41, 5.74) is 1.37. The quantitative estimate of drug-likeness (QED) is 0.622. The van der Waals surface area contributed by atoms with E-state index in [4.69, 9.17) is 23.2 Å². The molecule has 0 spiro atoms. The molecule has 0 saturated heterocycles. The number of hydrogen-bond donors (Lipinski definition) is 0. The van der Waals surface area contributed by atoms with Crippen LogP contribution in [0, 0.1) is 11.8 Å². The molecule has 1 aliphatic rings. The smallest absolute Gasteiger partial charge is 0.225 e. The van der Waals surface area contributed by atoms with E-state index in [0.29, 0.717) is 16.7 Å². The van der Waals surface area contributed by atoms with Gasteiger partial charge in [-0.25, -0.2) is 9.97 Å². The summed E-state index contributed by atoms with van der Waals surface area (Å²) in [6.07, 6.45) is 6.96. The third-order valence-electron chi connectivity index (χ3n) is 3.99. The Bertz CT molecular complexity index is 588. The van der Waals surface area contributed by atoms with Gasteiger partial charge < -0.3 is 4.57 Å². The van der Waals surface area contributed by atoms with E-state index in [-0.39, 0.29) is 5.28 Å². The van der Waals surface area contributed by atoms with Crippen LogP contribution in [0.15, 0.2) is 6.33 Å². The topological polar surface area (TPSA) is 43.6 Å². The highest BCUT2D eigenvalue weighted by atomic mass is 35.5. The molecule has 0 bridgehead atoms. The van der Waals surface area contributed by atoms with Gasteiger partial charge in [0.25, 0.3) is 0 Å². The average molecular weight is 299 g/mol. The maximum Gasteiger partial charge on any atom is 0.225 e. The second-order valence-corrected chi connectivity index (χ2v) is 6.17. The van der Waals surface area contributed by atoms with E-state index in [2.05, 4.69) is 26.4 Å². The van der Waals surface area contributed by atoms with Crippen molar-refractivity contribution in [1.29, 1.82) is 0 Å². The van der Waals surface area contributed by atoms with Crippen LogP contribution in [-0.2, 0) is 6.54 Å². The van der Waals surface area contributed by atoms with Crippen molar-refractivity contribution in [2.45, 2.75) is 39.2 Å². The summed E-state index contributed by atoms with van der Waals surface area (Å²) in [5, 5.41) is 0.533. The Labute approximate surface area is 122 Å². The van der Waals surface area contributed by atoms with Gasteiger partial charge in [-0.1, -0.05) is 31.4 Å². The minimum absolute atomic E-state index is 0.147. The van der Waals surface area contributed by atoms with E-state index in [1.165, 1.54) is 25.7 Å². The monoisotopic (exact) mass is 298 g/mol. The van der Waals surface area contributed by atoms with E-state index in [1.807, 2.05) is 0 Å². The van der Waals surface area contributed by atoms with Crippen molar-refractivity contribution in [2.75, 3.05) is 0 Å². The molecule has 6 heteroatoms. The number of hydrogen-bond acceptors (Lipinski definition) is 3. The zero-order chi connectivity index (χ0) is 13.4. The van der Waals surface area contributed by atoms with Gasteiger partial charge in [-0.15, -0.1) is 0 Å². The lowest BCUT2D eigenvalue weighted by molar-refractivity contribution is 0.266. The first-order chi connectivity index (χ1) is 9.13. The summed E-state index contributed by atoms with van der Waals surface area (Å²) in [5.74, 6) is 1.56. The van der Waals surface area contributed by atoms with E-state index < -0.39 is 0 Å². The van der Waals surface area contributed by atoms with Crippen LogP contribution in [0.5, 0.6) is 0 Å². The number of nitrogens with zero attached hydrogens (tertiary/aromatic N) is 4. The summed E-state index contributed by atoms with van der Waals surface area (Å²) in [6, 6.07) is 0. The molecule has 0 N–H and O–H groups in total. The van der Waals surface area contributed by atoms with Crippen LogP contribution < -0.4 is 0 Å². The first-order valence-electron chi connectivity index (χ1n) is 6.67. The van der Waals surface area contributed by atoms with Crippen LogP contribution in [-0.4, -0.2) is 19.5 Å². The van der Waals surface area contributed by atoms with E-state index in [9.17, 15) is 0 Å². The predicted molar refractivity (Wildman–Crippen MR) is 76.5 cm³/mol. The summed E-state index contributed by atoms with van der Waals surface area (Å²) >= 11 is 11.9. The van der Waals surface area contributed by atoms with Crippen molar-refractivity contribution in [1.82, 2.24) is 19.5 Å². The van der Waals surface area contributed by atoms with Gasteiger partial charge in [0.15, 0.2) is 10.8 Å². The summed E-state index contributed by atoms with van der Waals surface area (Å²) < 4.78 is 2.06. The van der Waals surface area contributed by atoms with Crippen molar-refractivity contribution in [2.24, 2.45) is 11.8 Å². The molecule has 0 aromatic carbocycles. The molecule has 2 aromatic rings. The first kappa shape index (κ1) is 13.1. The Kier molecular flexibility index (Phi) is 3.63. The largest absolute Gasteiger partial charge is 0.326 e. The Morgan fingerprint density at radius 2 is 1.95 bits per heavy atom. The van der Waals surface area contributed by atoms with Crippen molar-refractivity contribution < 1.29 is 0 Å². The Hall–Kier alpha value is -0.870. The van der Waals surface area contributed by atoms with Crippen LogP contribution in [0.3, 0.4) is 0 Å². The lowest BCUT2D eigenvalue weighted by atomic mass is 9.83. The number of aromatic nitrogens is 4. The third-order valence-corrected chi connectivity index (χ3v) is 4.43. The molecule has 3 rings (SSSR count). The van der Waals surface area contributed by atoms with Gasteiger partial charge in [0.2, 0.25) is 5.28 Å². The Morgan fingerprint density at radius 3 is 2.68 bits per heavy atom. The van der Waals surface area contributed by atoms with Crippen LogP contribution in [0.1, 0.15) is 32.6 Å². The lowest BCUT2D eigenvalue weighted by Crippen LogP contribution is -2.17. The molecule has 19 heavy (non-hydrogen) atoms. The van der Waals surface area contributed by atoms with Crippen molar-refractivity contribution in [3.05, 3.63) is 16.8 Å². The normalized spacial score (nSPS) is 23.9. The van der Waals surface area contributed by atoms with Crippen molar-refractivity contribution >= 4 is 34.4 Å². The highest BCUT2D eigenvalue weighted by Crippen LogP contribution is 2.30. The average Bonchev–Trinajstić information content (AvgIpc) is 2.75. The molecule has 102 valence electrons. The highest BCUT2D eigenvalue weighted by Gasteiger charge is 2.20. The van der Waals surface area contributed by atoms with Gasteiger partial charge in [0.1, 0.15) is 5.52 Å². The second kappa shape index (κ2) is 5.25. The van der Waals surface area contributed by atoms with Crippen LogP contribution >= 0.6 is 23.2 Å². The fourth-order valence-electron chi connectivity index (χ4n) is 2.84. The summed E-state index contributed by atoms with van der Waals surface area (Å²) in [7, 11) is 0. The van der Waals surface area contributed by atoms with Gasteiger partial charge in [-0.3, -0.25) is 0 Å².